The molecule has 0 aromatic heterocycles. The number of sulfonamides is 1. The molecule has 0 heterocycles. The van der Waals surface area contributed by atoms with Crippen molar-refractivity contribution in [3.05, 3.63) is 18.2 Å². The summed E-state index contributed by atoms with van der Waals surface area (Å²) in [7, 11) is -3.63. The Hall–Kier alpha value is -1.31. The lowest BCUT2D eigenvalue weighted by Gasteiger charge is -2.15. The molecule has 0 spiro atoms. The van der Waals surface area contributed by atoms with Crippen molar-refractivity contribution in [3.8, 4) is 5.75 Å². The van der Waals surface area contributed by atoms with E-state index in [4.69, 9.17) is 10.8 Å². The van der Waals surface area contributed by atoms with Gasteiger partial charge in [0.1, 0.15) is 5.75 Å². The van der Waals surface area contributed by atoms with Crippen LogP contribution in [0.5, 0.6) is 5.75 Å². The first-order valence-corrected chi connectivity index (χ1v) is 7.56. The Kier molecular flexibility index (Phi) is 3.71. The third-order valence-corrected chi connectivity index (χ3v) is 4.94. The average Bonchev–Trinajstić information content (AvgIpc) is 3.11. The first-order chi connectivity index (χ1) is 8.88. The molecule has 1 aromatic rings. The van der Waals surface area contributed by atoms with Gasteiger partial charge in [0.2, 0.25) is 10.0 Å². The summed E-state index contributed by atoms with van der Waals surface area (Å²) in [4.78, 5) is 0.0302. The van der Waals surface area contributed by atoms with Crippen molar-refractivity contribution in [2.45, 2.75) is 24.2 Å². The number of aromatic hydroxyl groups is 1. The van der Waals surface area contributed by atoms with Crippen LogP contribution in [0, 0.1) is 5.41 Å². The van der Waals surface area contributed by atoms with E-state index in [0.29, 0.717) is 13.0 Å². The van der Waals surface area contributed by atoms with Gasteiger partial charge in [-0.25, -0.2) is 13.1 Å². The minimum atomic E-state index is -3.63. The van der Waals surface area contributed by atoms with E-state index in [1.54, 1.807) is 0 Å². The van der Waals surface area contributed by atoms with Gasteiger partial charge in [0, 0.05) is 13.2 Å². The Morgan fingerprint density at radius 2 is 2.05 bits per heavy atom. The van der Waals surface area contributed by atoms with E-state index >= 15 is 0 Å². The number of hydrogen-bond donors (Lipinski definition) is 4. The lowest BCUT2D eigenvalue weighted by atomic mass is 10.0. The Morgan fingerprint density at radius 1 is 1.37 bits per heavy atom. The Balaban J connectivity index is 2.08. The molecule has 2 rings (SSSR count). The van der Waals surface area contributed by atoms with E-state index in [2.05, 4.69) is 4.72 Å². The van der Waals surface area contributed by atoms with Crippen LogP contribution in [0.3, 0.4) is 0 Å². The molecule has 5 N–H and O–H groups in total. The van der Waals surface area contributed by atoms with Gasteiger partial charge in [-0.1, -0.05) is 0 Å². The standard InChI is InChI=1S/C12H18N2O4S/c13-10-7-9(1-2-11(10)16)19(17,18)14-8-12(3-4-12)5-6-15/h1-2,7,14-16H,3-6,8,13H2. The fourth-order valence-corrected chi connectivity index (χ4v) is 3.15. The van der Waals surface area contributed by atoms with Gasteiger partial charge in [-0.05, 0) is 42.9 Å². The molecule has 0 atom stereocenters. The maximum absolute atomic E-state index is 12.1. The van der Waals surface area contributed by atoms with Crippen LogP contribution in [0.15, 0.2) is 23.1 Å². The molecule has 0 unspecified atom stereocenters. The molecular weight excluding hydrogens is 268 g/mol. The molecule has 1 aliphatic rings. The Morgan fingerprint density at radius 3 is 2.58 bits per heavy atom. The monoisotopic (exact) mass is 286 g/mol. The quantitative estimate of drug-likeness (QED) is 0.447. The average molecular weight is 286 g/mol. The van der Waals surface area contributed by atoms with E-state index in [9.17, 15) is 13.5 Å². The zero-order chi connectivity index (χ0) is 14.1. The van der Waals surface area contributed by atoms with Gasteiger partial charge >= 0.3 is 0 Å². The maximum Gasteiger partial charge on any atom is 0.240 e. The lowest BCUT2D eigenvalue weighted by Crippen LogP contribution is -2.30. The van der Waals surface area contributed by atoms with Gasteiger partial charge in [-0.15, -0.1) is 0 Å². The van der Waals surface area contributed by atoms with E-state index in [1.807, 2.05) is 0 Å². The fraction of sp³-hybridized carbons (Fsp3) is 0.500. The number of aliphatic hydroxyl groups excluding tert-OH is 1. The number of nitrogens with two attached hydrogens (primary N) is 1. The largest absolute Gasteiger partial charge is 0.506 e. The summed E-state index contributed by atoms with van der Waals surface area (Å²) in [6.07, 6.45) is 2.45. The van der Waals surface area contributed by atoms with Gasteiger partial charge in [0.15, 0.2) is 0 Å². The van der Waals surface area contributed by atoms with Crippen molar-refractivity contribution >= 4 is 15.7 Å². The molecule has 6 nitrogen and oxygen atoms in total. The van der Waals surface area contributed by atoms with Crippen LogP contribution in [0.25, 0.3) is 0 Å². The van der Waals surface area contributed by atoms with Crippen LogP contribution in [0.2, 0.25) is 0 Å². The van der Waals surface area contributed by atoms with Crippen molar-refractivity contribution in [1.82, 2.24) is 4.72 Å². The maximum atomic E-state index is 12.1. The predicted molar refractivity (Wildman–Crippen MR) is 71.1 cm³/mol. The summed E-state index contributed by atoms with van der Waals surface area (Å²) in [6, 6.07) is 3.79. The van der Waals surface area contributed by atoms with Crippen LogP contribution in [0.1, 0.15) is 19.3 Å². The molecule has 7 heteroatoms. The molecule has 0 aliphatic heterocycles. The summed E-state index contributed by atoms with van der Waals surface area (Å²) in [5, 5.41) is 18.2. The Labute approximate surface area is 112 Å². The smallest absolute Gasteiger partial charge is 0.240 e. The summed E-state index contributed by atoms with van der Waals surface area (Å²) in [6.45, 7) is 0.380. The minimum Gasteiger partial charge on any atom is -0.506 e. The summed E-state index contributed by atoms with van der Waals surface area (Å²) in [5.41, 5.74) is 5.42. The molecule has 1 saturated carbocycles. The second-order valence-corrected chi connectivity index (χ2v) is 6.79. The molecular formula is C12H18N2O4S. The summed E-state index contributed by atoms with van der Waals surface area (Å²) >= 11 is 0. The van der Waals surface area contributed by atoms with Crippen LogP contribution in [0.4, 0.5) is 5.69 Å². The third kappa shape index (κ3) is 3.17. The van der Waals surface area contributed by atoms with Crippen LogP contribution >= 0.6 is 0 Å². The van der Waals surface area contributed by atoms with Crippen LogP contribution < -0.4 is 10.5 Å². The number of phenols is 1. The molecule has 0 radical (unpaired) electrons. The normalized spacial score (nSPS) is 17.3. The highest BCUT2D eigenvalue weighted by atomic mass is 32.2. The van der Waals surface area contributed by atoms with Crippen LogP contribution in [-0.2, 0) is 10.0 Å². The number of aliphatic hydroxyl groups is 1. The van der Waals surface area contributed by atoms with Crippen LogP contribution in [-0.4, -0.2) is 31.8 Å². The van der Waals surface area contributed by atoms with Crippen molar-refractivity contribution in [2.75, 3.05) is 18.9 Å². The molecule has 106 valence electrons. The molecule has 0 bridgehead atoms. The molecule has 1 aromatic carbocycles. The lowest BCUT2D eigenvalue weighted by molar-refractivity contribution is 0.249. The van der Waals surface area contributed by atoms with Gasteiger partial charge in [0.05, 0.1) is 10.6 Å². The third-order valence-electron chi connectivity index (χ3n) is 3.55. The number of benzene rings is 1. The first-order valence-electron chi connectivity index (χ1n) is 6.08. The zero-order valence-electron chi connectivity index (χ0n) is 10.5. The van der Waals surface area contributed by atoms with Crippen molar-refractivity contribution in [3.63, 3.8) is 0 Å². The Bertz CT molecular complexity index is 567. The number of hydrogen-bond acceptors (Lipinski definition) is 5. The highest BCUT2D eigenvalue weighted by Crippen LogP contribution is 2.48. The highest BCUT2D eigenvalue weighted by molar-refractivity contribution is 7.89. The predicted octanol–water partition coefficient (Wildman–Crippen LogP) is 0.415. The number of nitrogens with one attached hydrogen (secondary N) is 1. The van der Waals surface area contributed by atoms with Gasteiger partial charge < -0.3 is 15.9 Å². The van der Waals surface area contributed by atoms with E-state index in [1.165, 1.54) is 18.2 Å². The van der Waals surface area contributed by atoms with Crippen molar-refractivity contribution in [2.24, 2.45) is 5.41 Å². The number of anilines is 1. The van der Waals surface area contributed by atoms with E-state index < -0.39 is 10.0 Å². The topological polar surface area (TPSA) is 113 Å². The first kappa shape index (κ1) is 14.1. The number of phenolic OH excluding ortho intramolecular Hbond substituents is 1. The van der Waals surface area contributed by atoms with Crippen molar-refractivity contribution < 1.29 is 18.6 Å². The van der Waals surface area contributed by atoms with E-state index in [-0.39, 0.29) is 28.4 Å². The highest BCUT2D eigenvalue weighted by Gasteiger charge is 2.42. The van der Waals surface area contributed by atoms with Gasteiger partial charge in [-0.3, -0.25) is 0 Å². The fourth-order valence-electron chi connectivity index (χ4n) is 1.96. The summed E-state index contributed by atoms with van der Waals surface area (Å²) in [5.74, 6) is -0.141. The molecule has 1 aliphatic carbocycles. The SMILES string of the molecule is Nc1cc(S(=O)(=O)NCC2(CCO)CC2)ccc1O. The number of rotatable bonds is 6. The summed E-state index contributed by atoms with van der Waals surface area (Å²) < 4.78 is 26.7. The molecule has 0 saturated heterocycles. The van der Waals surface area contributed by atoms with Gasteiger partial charge in [-0.2, -0.15) is 0 Å². The second-order valence-electron chi connectivity index (χ2n) is 5.02. The van der Waals surface area contributed by atoms with Gasteiger partial charge in [0.25, 0.3) is 0 Å². The zero-order valence-corrected chi connectivity index (χ0v) is 11.3. The molecule has 0 amide bonds. The second kappa shape index (κ2) is 4.99. The minimum absolute atomic E-state index is 0.0272. The number of nitrogen functional groups attached to an aromatic ring is 1. The molecule has 1 fully saturated rings. The van der Waals surface area contributed by atoms with E-state index in [0.717, 1.165) is 12.8 Å². The molecule has 19 heavy (non-hydrogen) atoms. The van der Waals surface area contributed by atoms with Crippen molar-refractivity contribution in [1.29, 1.82) is 0 Å².